The number of hydrogen-bond acceptors (Lipinski definition) is 4. The maximum atomic E-state index is 12.5. The van der Waals surface area contributed by atoms with Crippen molar-refractivity contribution in [1.82, 2.24) is 4.98 Å². The molecule has 1 aromatic carbocycles. The van der Waals surface area contributed by atoms with Crippen LogP contribution in [0, 0.1) is 0 Å². The quantitative estimate of drug-likeness (QED) is 0.588. The van der Waals surface area contributed by atoms with Crippen molar-refractivity contribution in [2.75, 3.05) is 0 Å². The summed E-state index contributed by atoms with van der Waals surface area (Å²) in [6.07, 6.45) is 0. The van der Waals surface area contributed by atoms with Crippen LogP contribution in [0.5, 0.6) is 11.5 Å². The Morgan fingerprint density at radius 1 is 1.00 bits per heavy atom. The molecule has 0 amide bonds. The normalized spacial score (nSPS) is 11.1. The zero-order valence-corrected chi connectivity index (χ0v) is 12.9. The first kappa shape index (κ1) is 17.5. The second kappa shape index (κ2) is 7.60. The number of pyridine rings is 1. The van der Waals surface area contributed by atoms with Crippen LogP contribution in [-0.4, -0.2) is 23.3 Å². The molecule has 1 aromatic heterocycles. The second-order valence-electron chi connectivity index (χ2n) is 4.22. The van der Waals surface area contributed by atoms with E-state index in [-0.39, 0.29) is 6.61 Å². The summed E-state index contributed by atoms with van der Waals surface area (Å²) in [6.45, 7) is -6.73. The number of benzene rings is 1. The molecular formula is C14H10BrF4NO3. The number of aliphatic hydroxyl groups excluding tert-OH is 1. The van der Waals surface area contributed by atoms with E-state index in [0.29, 0.717) is 21.4 Å². The van der Waals surface area contributed by atoms with E-state index in [4.69, 9.17) is 0 Å². The summed E-state index contributed by atoms with van der Waals surface area (Å²) in [5.74, 6) is -1.08. The van der Waals surface area contributed by atoms with Gasteiger partial charge in [0.2, 0.25) is 0 Å². The molecule has 0 spiro atoms. The molecular weight excluding hydrogens is 386 g/mol. The highest BCUT2D eigenvalue weighted by Crippen LogP contribution is 2.35. The van der Waals surface area contributed by atoms with Gasteiger partial charge in [0.25, 0.3) is 0 Å². The van der Waals surface area contributed by atoms with Gasteiger partial charge in [-0.1, -0.05) is 6.07 Å². The molecule has 0 fully saturated rings. The van der Waals surface area contributed by atoms with Crippen molar-refractivity contribution in [3.8, 4) is 22.8 Å². The molecule has 0 radical (unpaired) electrons. The molecule has 0 bridgehead atoms. The Balaban J connectivity index is 2.50. The van der Waals surface area contributed by atoms with E-state index in [2.05, 4.69) is 30.4 Å². The maximum Gasteiger partial charge on any atom is 0.387 e. The van der Waals surface area contributed by atoms with Crippen LogP contribution in [-0.2, 0) is 6.61 Å². The average Bonchev–Trinajstić information content (AvgIpc) is 2.48. The molecule has 0 aliphatic carbocycles. The maximum absolute atomic E-state index is 12.5. The molecule has 2 rings (SSSR count). The third kappa shape index (κ3) is 4.55. The molecule has 23 heavy (non-hydrogen) atoms. The minimum absolute atomic E-state index is 0.296. The minimum Gasteiger partial charge on any atom is -0.431 e. The minimum atomic E-state index is -3.21. The van der Waals surface area contributed by atoms with Crippen LogP contribution in [0.3, 0.4) is 0 Å². The van der Waals surface area contributed by atoms with E-state index < -0.39 is 24.7 Å². The number of aliphatic hydroxyl groups is 1. The molecule has 0 saturated heterocycles. The Morgan fingerprint density at radius 3 is 2.26 bits per heavy atom. The fourth-order valence-corrected chi connectivity index (χ4v) is 2.19. The Morgan fingerprint density at radius 2 is 1.65 bits per heavy atom. The lowest BCUT2D eigenvalue weighted by Gasteiger charge is -2.14. The van der Waals surface area contributed by atoms with Gasteiger partial charge in [-0.05, 0) is 40.2 Å². The highest BCUT2D eigenvalue weighted by Gasteiger charge is 2.17. The lowest BCUT2D eigenvalue weighted by molar-refractivity contribution is -0.0692. The molecule has 9 heteroatoms. The molecule has 1 N–H and O–H groups in total. The zero-order chi connectivity index (χ0) is 17.0. The third-order valence-electron chi connectivity index (χ3n) is 2.76. The van der Waals surface area contributed by atoms with Gasteiger partial charge in [0.05, 0.1) is 12.3 Å². The first-order chi connectivity index (χ1) is 10.9. The van der Waals surface area contributed by atoms with Crippen LogP contribution in [0.4, 0.5) is 17.6 Å². The van der Waals surface area contributed by atoms with Crippen LogP contribution < -0.4 is 9.47 Å². The smallest absolute Gasteiger partial charge is 0.387 e. The Bertz CT molecular complexity index is 685. The lowest BCUT2D eigenvalue weighted by atomic mass is 10.1. The largest absolute Gasteiger partial charge is 0.431 e. The average molecular weight is 396 g/mol. The topological polar surface area (TPSA) is 51.6 Å². The summed E-state index contributed by atoms with van der Waals surface area (Å²) >= 11 is 3.16. The van der Waals surface area contributed by atoms with Crippen LogP contribution in [0.15, 0.2) is 34.9 Å². The lowest BCUT2D eigenvalue weighted by Crippen LogP contribution is -2.08. The number of hydrogen-bond donors (Lipinski definition) is 1. The van der Waals surface area contributed by atoms with Crippen molar-refractivity contribution in [2.24, 2.45) is 0 Å². The van der Waals surface area contributed by atoms with E-state index in [9.17, 15) is 22.7 Å². The zero-order valence-electron chi connectivity index (χ0n) is 11.3. The number of nitrogens with zero attached hydrogens (tertiary/aromatic N) is 1. The molecule has 0 aliphatic heterocycles. The van der Waals surface area contributed by atoms with E-state index in [1.54, 1.807) is 12.1 Å². The molecule has 4 nitrogen and oxygen atoms in total. The fraction of sp³-hybridized carbons (Fsp3) is 0.214. The van der Waals surface area contributed by atoms with Gasteiger partial charge in [-0.3, -0.25) is 0 Å². The molecule has 2 aromatic rings. The predicted octanol–water partition coefficient (Wildman–Crippen LogP) is 4.21. The van der Waals surface area contributed by atoms with E-state index in [1.165, 1.54) is 6.07 Å². The number of aromatic nitrogens is 1. The van der Waals surface area contributed by atoms with Gasteiger partial charge in [-0.2, -0.15) is 17.6 Å². The summed E-state index contributed by atoms with van der Waals surface area (Å²) in [5.41, 5.74) is 1.02. The van der Waals surface area contributed by atoms with Gasteiger partial charge >= 0.3 is 13.2 Å². The summed E-state index contributed by atoms with van der Waals surface area (Å²) in [5, 5.41) is 9.33. The molecule has 124 valence electrons. The SMILES string of the molecule is OCc1ccc(Br)nc1-c1ccc(OC(F)F)c(OC(F)F)c1. The van der Waals surface area contributed by atoms with Crippen molar-refractivity contribution in [2.45, 2.75) is 19.8 Å². The molecule has 0 unspecified atom stereocenters. The van der Waals surface area contributed by atoms with Crippen molar-refractivity contribution >= 4 is 15.9 Å². The molecule has 0 saturated carbocycles. The fourth-order valence-electron chi connectivity index (χ4n) is 1.88. The van der Waals surface area contributed by atoms with Crippen LogP contribution >= 0.6 is 15.9 Å². The van der Waals surface area contributed by atoms with E-state index >= 15 is 0 Å². The van der Waals surface area contributed by atoms with Crippen LogP contribution in [0.2, 0.25) is 0 Å². The van der Waals surface area contributed by atoms with Crippen molar-refractivity contribution in [3.63, 3.8) is 0 Å². The highest BCUT2D eigenvalue weighted by molar-refractivity contribution is 9.10. The molecule has 1 heterocycles. The first-order valence-corrected chi connectivity index (χ1v) is 7.00. The summed E-state index contributed by atoms with van der Waals surface area (Å²) in [4.78, 5) is 4.15. The van der Waals surface area contributed by atoms with Crippen molar-refractivity contribution in [1.29, 1.82) is 0 Å². The first-order valence-electron chi connectivity index (χ1n) is 6.21. The summed E-state index contributed by atoms with van der Waals surface area (Å²) < 4.78 is 58.4. The van der Waals surface area contributed by atoms with Crippen molar-refractivity contribution < 1.29 is 32.1 Å². The van der Waals surface area contributed by atoms with Gasteiger partial charge in [0.1, 0.15) is 4.60 Å². The van der Waals surface area contributed by atoms with E-state index in [1.807, 2.05) is 0 Å². The van der Waals surface area contributed by atoms with Gasteiger partial charge < -0.3 is 14.6 Å². The number of halogens is 5. The van der Waals surface area contributed by atoms with Gasteiger partial charge in [0.15, 0.2) is 11.5 Å². The van der Waals surface area contributed by atoms with Gasteiger partial charge in [-0.25, -0.2) is 4.98 Å². The summed E-state index contributed by atoms with van der Waals surface area (Å²) in [7, 11) is 0. The van der Waals surface area contributed by atoms with Gasteiger partial charge in [-0.15, -0.1) is 0 Å². The van der Waals surface area contributed by atoms with Crippen LogP contribution in [0.1, 0.15) is 5.56 Å². The molecule has 0 aliphatic rings. The van der Waals surface area contributed by atoms with E-state index in [0.717, 1.165) is 12.1 Å². The standard InChI is InChI=1S/C14H10BrF4NO3/c15-11-4-2-8(6-21)12(20-11)7-1-3-9(22-13(16)17)10(5-7)23-14(18)19/h1-5,13-14,21H,6H2. The predicted molar refractivity (Wildman–Crippen MR) is 76.6 cm³/mol. The third-order valence-corrected chi connectivity index (χ3v) is 3.21. The Kier molecular flexibility index (Phi) is 5.78. The monoisotopic (exact) mass is 395 g/mol. The highest BCUT2D eigenvalue weighted by atomic mass is 79.9. The Labute approximate surface area is 136 Å². The number of ether oxygens (including phenoxy) is 2. The number of rotatable bonds is 6. The van der Waals surface area contributed by atoms with Crippen molar-refractivity contribution in [3.05, 3.63) is 40.5 Å². The summed E-state index contributed by atoms with van der Waals surface area (Å²) in [6, 6.07) is 6.70. The molecule has 0 atom stereocenters. The van der Waals surface area contributed by atoms with Gasteiger partial charge in [0, 0.05) is 11.1 Å². The Hall–Kier alpha value is -1.87. The second-order valence-corrected chi connectivity index (χ2v) is 5.03. The number of alkyl halides is 4. The van der Waals surface area contributed by atoms with Crippen LogP contribution in [0.25, 0.3) is 11.3 Å².